The van der Waals surface area contributed by atoms with Gasteiger partial charge in [-0.25, -0.2) is 0 Å². The van der Waals surface area contributed by atoms with Gasteiger partial charge >= 0.3 is 5.97 Å². The lowest BCUT2D eigenvalue weighted by molar-refractivity contribution is -0.145. The number of carbonyl (C=O) groups is 1. The van der Waals surface area contributed by atoms with E-state index in [1.807, 2.05) is 13.8 Å². The molecule has 0 saturated heterocycles. The Morgan fingerprint density at radius 3 is 2.59 bits per heavy atom. The molecule has 17 heavy (non-hydrogen) atoms. The van der Waals surface area contributed by atoms with Gasteiger partial charge in [0.25, 0.3) is 0 Å². The third-order valence-electron chi connectivity index (χ3n) is 3.11. The van der Waals surface area contributed by atoms with Crippen molar-refractivity contribution in [3.05, 3.63) is 0 Å². The molecule has 0 aromatic carbocycles. The smallest absolute Gasteiger partial charge is 0.324 e. The van der Waals surface area contributed by atoms with E-state index >= 15 is 0 Å². The molecule has 2 atom stereocenters. The van der Waals surface area contributed by atoms with E-state index in [1.165, 1.54) is 0 Å². The summed E-state index contributed by atoms with van der Waals surface area (Å²) in [7, 11) is 0. The van der Waals surface area contributed by atoms with Gasteiger partial charge in [-0.05, 0) is 32.6 Å². The molecule has 1 rings (SSSR count). The molecule has 100 valence electrons. The first-order valence-electron chi connectivity index (χ1n) is 6.48. The van der Waals surface area contributed by atoms with Gasteiger partial charge in [0.2, 0.25) is 0 Å². The fourth-order valence-electron chi connectivity index (χ4n) is 2.41. The van der Waals surface area contributed by atoms with Crippen LogP contribution >= 0.6 is 0 Å². The molecule has 2 unspecified atom stereocenters. The van der Waals surface area contributed by atoms with E-state index in [9.17, 15) is 9.90 Å². The standard InChI is InChI=1S/C13H25NO3/c1-9(2)8-17-11-5-6-13(7-11,12(15)16)14-10(3)4/h9-11,14H,5-8H2,1-4H3,(H,15,16). The largest absolute Gasteiger partial charge is 0.480 e. The first kappa shape index (κ1) is 14.5. The minimum Gasteiger partial charge on any atom is -0.480 e. The fourth-order valence-corrected chi connectivity index (χ4v) is 2.41. The second-order valence-electron chi connectivity index (χ2n) is 5.78. The number of carboxylic acid groups (broad SMARTS) is 1. The average Bonchev–Trinajstić information content (AvgIpc) is 2.59. The first-order chi connectivity index (χ1) is 7.85. The third kappa shape index (κ3) is 3.96. The highest BCUT2D eigenvalue weighted by molar-refractivity contribution is 5.79. The van der Waals surface area contributed by atoms with Crippen LogP contribution in [0.2, 0.25) is 0 Å². The molecule has 0 amide bonds. The van der Waals surface area contributed by atoms with Crippen molar-refractivity contribution >= 4 is 5.97 Å². The second-order valence-corrected chi connectivity index (χ2v) is 5.78. The van der Waals surface area contributed by atoms with Crippen molar-refractivity contribution in [3.63, 3.8) is 0 Å². The Balaban J connectivity index is 2.56. The number of ether oxygens (including phenoxy) is 1. The highest BCUT2D eigenvalue weighted by Crippen LogP contribution is 2.33. The van der Waals surface area contributed by atoms with Crippen LogP contribution in [0, 0.1) is 5.92 Å². The van der Waals surface area contributed by atoms with Gasteiger partial charge in [-0.2, -0.15) is 0 Å². The van der Waals surface area contributed by atoms with Crippen molar-refractivity contribution in [2.75, 3.05) is 6.61 Å². The summed E-state index contributed by atoms with van der Waals surface area (Å²) in [5, 5.41) is 12.6. The quantitative estimate of drug-likeness (QED) is 0.749. The van der Waals surface area contributed by atoms with Gasteiger partial charge in [-0.15, -0.1) is 0 Å². The maximum absolute atomic E-state index is 11.4. The van der Waals surface area contributed by atoms with Crippen molar-refractivity contribution < 1.29 is 14.6 Å². The summed E-state index contributed by atoms with van der Waals surface area (Å²) in [4.78, 5) is 11.4. The van der Waals surface area contributed by atoms with Crippen LogP contribution in [0.3, 0.4) is 0 Å². The van der Waals surface area contributed by atoms with Gasteiger partial charge in [0, 0.05) is 19.1 Å². The zero-order valence-electron chi connectivity index (χ0n) is 11.3. The van der Waals surface area contributed by atoms with Crippen molar-refractivity contribution in [3.8, 4) is 0 Å². The molecule has 0 aromatic heterocycles. The van der Waals surface area contributed by atoms with E-state index < -0.39 is 11.5 Å². The highest BCUT2D eigenvalue weighted by atomic mass is 16.5. The van der Waals surface area contributed by atoms with Crippen LogP contribution in [0.4, 0.5) is 0 Å². The van der Waals surface area contributed by atoms with Gasteiger partial charge in [0.15, 0.2) is 0 Å². The lowest BCUT2D eigenvalue weighted by Gasteiger charge is -2.28. The van der Waals surface area contributed by atoms with Crippen LogP contribution in [0.25, 0.3) is 0 Å². The van der Waals surface area contributed by atoms with E-state index in [4.69, 9.17) is 4.74 Å². The Kier molecular flexibility index (Phi) is 4.95. The zero-order chi connectivity index (χ0) is 13.1. The number of nitrogens with one attached hydrogen (secondary N) is 1. The predicted molar refractivity (Wildman–Crippen MR) is 67.1 cm³/mol. The molecule has 0 bridgehead atoms. The van der Waals surface area contributed by atoms with E-state index in [0.717, 1.165) is 6.42 Å². The molecule has 1 aliphatic rings. The molecule has 1 fully saturated rings. The molecular formula is C13H25NO3. The van der Waals surface area contributed by atoms with Crippen molar-refractivity contribution in [2.24, 2.45) is 5.92 Å². The second kappa shape index (κ2) is 5.83. The van der Waals surface area contributed by atoms with Crippen molar-refractivity contribution in [1.29, 1.82) is 0 Å². The summed E-state index contributed by atoms with van der Waals surface area (Å²) in [6.45, 7) is 8.87. The predicted octanol–water partition coefficient (Wildman–Crippen LogP) is 2.03. The molecule has 4 nitrogen and oxygen atoms in total. The molecule has 0 aliphatic heterocycles. The van der Waals surface area contributed by atoms with Crippen LogP contribution in [-0.2, 0) is 9.53 Å². The number of rotatable bonds is 6. The summed E-state index contributed by atoms with van der Waals surface area (Å²) in [5.41, 5.74) is -0.782. The van der Waals surface area contributed by atoms with Gasteiger partial charge in [0.1, 0.15) is 5.54 Å². The molecule has 0 spiro atoms. The normalized spacial score (nSPS) is 29.2. The van der Waals surface area contributed by atoms with E-state index in [2.05, 4.69) is 19.2 Å². The average molecular weight is 243 g/mol. The molecule has 2 N–H and O–H groups in total. The Labute approximate surface area is 104 Å². The lowest BCUT2D eigenvalue weighted by atomic mass is 9.96. The number of carboxylic acids is 1. The summed E-state index contributed by atoms with van der Waals surface area (Å²) in [6, 6.07) is 0.176. The highest BCUT2D eigenvalue weighted by Gasteiger charge is 2.46. The van der Waals surface area contributed by atoms with Gasteiger partial charge in [0.05, 0.1) is 6.10 Å². The molecule has 1 aliphatic carbocycles. The Bertz CT molecular complexity index is 265. The Hall–Kier alpha value is -0.610. The Morgan fingerprint density at radius 1 is 1.47 bits per heavy atom. The maximum Gasteiger partial charge on any atom is 0.324 e. The molecule has 1 saturated carbocycles. The maximum atomic E-state index is 11.4. The fraction of sp³-hybridized carbons (Fsp3) is 0.923. The van der Waals surface area contributed by atoms with Crippen molar-refractivity contribution in [1.82, 2.24) is 5.32 Å². The summed E-state index contributed by atoms with van der Waals surface area (Å²) in [5.74, 6) is -0.255. The van der Waals surface area contributed by atoms with Gasteiger partial charge in [-0.3, -0.25) is 10.1 Å². The molecule has 0 aromatic rings. The molecular weight excluding hydrogens is 218 g/mol. The summed E-state index contributed by atoms with van der Waals surface area (Å²) >= 11 is 0. The minimum atomic E-state index is -0.782. The molecule has 0 heterocycles. The van der Waals surface area contributed by atoms with Crippen LogP contribution in [0.15, 0.2) is 0 Å². The van der Waals surface area contributed by atoms with Crippen LogP contribution in [0.5, 0.6) is 0 Å². The topological polar surface area (TPSA) is 58.6 Å². The Morgan fingerprint density at radius 2 is 2.12 bits per heavy atom. The first-order valence-corrected chi connectivity index (χ1v) is 6.48. The summed E-state index contributed by atoms with van der Waals surface area (Å²) in [6.07, 6.45) is 2.15. The number of aliphatic carboxylic acids is 1. The van der Waals surface area contributed by atoms with Gasteiger partial charge < -0.3 is 9.84 Å². The summed E-state index contributed by atoms with van der Waals surface area (Å²) < 4.78 is 5.75. The van der Waals surface area contributed by atoms with E-state index in [1.54, 1.807) is 0 Å². The van der Waals surface area contributed by atoms with E-state index in [-0.39, 0.29) is 12.1 Å². The monoisotopic (exact) mass is 243 g/mol. The van der Waals surface area contributed by atoms with Crippen LogP contribution in [0.1, 0.15) is 47.0 Å². The lowest BCUT2D eigenvalue weighted by Crippen LogP contribution is -2.53. The zero-order valence-corrected chi connectivity index (χ0v) is 11.3. The van der Waals surface area contributed by atoms with Gasteiger partial charge in [-0.1, -0.05) is 13.8 Å². The number of hydrogen-bond donors (Lipinski definition) is 2. The molecule has 0 radical (unpaired) electrons. The third-order valence-corrected chi connectivity index (χ3v) is 3.11. The molecule has 4 heteroatoms. The minimum absolute atomic E-state index is 0.0831. The SMILES string of the molecule is CC(C)COC1CCC(NC(C)C)(C(=O)O)C1. The van der Waals surface area contributed by atoms with Crippen LogP contribution in [-0.4, -0.2) is 35.4 Å². The number of hydrogen-bond acceptors (Lipinski definition) is 3. The van der Waals surface area contributed by atoms with Crippen LogP contribution < -0.4 is 5.32 Å². The van der Waals surface area contributed by atoms with Crippen molar-refractivity contribution in [2.45, 2.75) is 64.6 Å². The van der Waals surface area contributed by atoms with E-state index in [0.29, 0.717) is 25.4 Å².